The number of carbonyl (C=O) groups excluding carboxylic acids is 2. The number of thioether (sulfide) groups is 1. The summed E-state index contributed by atoms with van der Waals surface area (Å²) in [5.74, 6) is 0.775. The number of benzene rings is 1. The Morgan fingerprint density at radius 2 is 1.71 bits per heavy atom. The highest BCUT2D eigenvalue weighted by Crippen LogP contribution is 2.13. The second-order valence-corrected chi connectivity index (χ2v) is 7.25. The molecular formula is C19H28N2O2S. The van der Waals surface area contributed by atoms with E-state index in [1.807, 2.05) is 29.4 Å². The average Bonchev–Trinajstić information content (AvgIpc) is 2.58. The average molecular weight is 349 g/mol. The molecule has 24 heavy (non-hydrogen) atoms. The highest BCUT2D eigenvalue weighted by atomic mass is 32.2. The summed E-state index contributed by atoms with van der Waals surface area (Å²) >= 11 is 1.70. The lowest BCUT2D eigenvalue weighted by Crippen LogP contribution is -2.49. The first-order valence-corrected chi connectivity index (χ1v) is 10.3. The second kappa shape index (κ2) is 10.4. The van der Waals surface area contributed by atoms with E-state index < -0.39 is 6.04 Å². The molecule has 2 amide bonds. The van der Waals surface area contributed by atoms with Gasteiger partial charge in [0, 0.05) is 18.7 Å². The number of rotatable bonds is 6. The minimum absolute atomic E-state index is 0.0789. The third-order valence-corrected chi connectivity index (χ3v) is 5.06. The standard InChI is InChI=1S/C19H28N2O2S/c1-24-15-12-17(20-18(22)16-10-6-5-7-11-16)19(23)21-13-8-3-2-4-9-14-21/h5-7,10-11,17H,2-4,8-9,12-15H2,1H3,(H,20,22)/t17-/m1/s1. The number of carbonyl (C=O) groups is 2. The fourth-order valence-electron chi connectivity index (χ4n) is 3.01. The zero-order valence-electron chi connectivity index (χ0n) is 14.5. The molecule has 0 saturated carbocycles. The van der Waals surface area contributed by atoms with Crippen LogP contribution >= 0.6 is 11.8 Å². The van der Waals surface area contributed by atoms with Crippen molar-refractivity contribution in [2.24, 2.45) is 0 Å². The van der Waals surface area contributed by atoms with Gasteiger partial charge in [-0.2, -0.15) is 11.8 Å². The van der Waals surface area contributed by atoms with Gasteiger partial charge in [-0.25, -0.2) is 0 Å². The molecule has 1 aliphatic heterocycles. The monoisotopic (exact) mass is 348 g/mol. The first kappa shape index (κ1) is 18.8. The minimum atomic E-state index is -0.426. The molecule has 1 fully saturated rings. The molecule has 0 spiro atoms. The van der Waals surface area contributed by atoms with Crippen LogP contribution < -0.4 is 5.32 Å². The molecule has 1 heterocycles. The summed E-state index contributed by atoms with van der Waals surface area (Å²) in [5, 5.41) is 2.96. The Labute approximate surface area is 149 Å². The summed E-state index contributed by atoms with van der Waals surface area (Å²) in [5.41, 5.74) is 0.604. The van der Waals surface area contributed by atoms with Crippen LogP contribution in [-0.4, -0.2) is 47.9 Å². The molecule has 0 radical (unpaired) electrons. The highest BCUT2D eigenvalue weighted by molar-refractivity contribution is 7.98. The summed E-state index contributed by atoms with van der Waals surface area (Å²) in [4.78, 5) is 27.3. The van der Waals surface area contributed by atoms with Crippen LogP contribution in [0.3, 0.4) is 0 Å². The lowest BCUT2D eigenvalue weighted by atomic mass is 10.1. The molecule has 132 valence electrons. The van der Waals surface area contributed by atoms with Gasteiger partial charge in [0.05, 0.1) is 0 Å². The van der Waals surface area contributed by atoms with Crippen molar-refractivity contribution in [3.8, 4) is 0 Å². The summed E-state index contributed by atoms with van der Waals surface area (Å²) in [6, 6.07) is 8.69. The zero-order valence-corrected chi connectivity index (χ0v) is 15.3. The molecule has 5 heteroatoms. The van der Waals surface area contributed by atoms with Gasteiger partial charge < -0.3 is 10.2 Å². The number of hydrogen-bond acceptors (Lipinski definition) is 3. The maximum Gasteiger partial charge on any atom is 0.251 e. The topological polar surface area (TPSA) is 49.4 Å². The lowest BCUT2D eigenvalue weighted by molar-refractivity contribution is -0.133. The van der Waals surface area contributed by atoms with E-state index in [9.17, 15) is 9.59 Å². The minimum Gasteiger partial charge on any atom is -0.341 e. The second-order valence-electron chi connectivity index (χ2n) is 6.27. The van der Waals surface area contributed by atoms with Gasteiger partial charge in [-0.1, -0.05) is 37.5 Å². The summed E-state index contributed by atoms with van der Waals surface area (Å²) in [6.45, 7) is 1.63. The van der Waals surface area contributed by atoms with Gasteiger partial charge in [-0.15, -0.1) is 0 Å². The number of hydrogen-bond donors (Lipinski definition) is 1. The SMILES string of the molecule is CSCC[C@@H](NC(=O)c1ccccc1)C(=O)N1CCCCCCC1. The number of nitrogens with one attached hydrogen (secondary N) is 1. The molecular weight excluding hydrogens is 320 g/mol. The van der Waals surface area contributed by atoms with Crippen molar-refractivity contribution in [1.82, 2.24) is 10.2 Å². The van der Waals surface area contributed by atoms with Gasteiger partial charge >= 0.3 is 0 Å². The van der Waals surface area contributed by atoms with Crippen molar-refractivity contribution in [2.45, 2.75) is 44.6 Å². The van der Waals surface area contributed by atoms with Crippen LogP contribution in [0.4, 0.5) is 0 Å². The van der Waals surface area contributed by atoms with E-state index in [1.165, 1.54) is 19.3 Å². The van der Waals surface area contributed by atoms with Crippen molar-refractivity contribution in [3.63, 3.8) is 0 Å². The third kappa shape index (κ3) is 5.86. The van der Waals surface area contributed by atoms with Crippen LogP contribution in [0.5, 0.6) is 0 Å². The quantitative estimate of drug-likeness (QED) is 0.858. The summed E-state index contributed by atoms with van der Waals surface area (Å²) in [7, 11) is 0. The fraction of sp³-hybridized carbons (Fsp3) is 0.579. The Morgan fingerprint density at radius 1 is 1.08 bits per heavy atom. The van der Waals surface area contributed by atoms with E-state index in [0.29, 0.717) is 12.0 Å². The van der Waals surface area contributed by atoms with Gasteiger partial charge in [0.25, 0.3) is 5.91 Å². The number of nitrogens with zero attached hydrogens (tertiary/aromatic N) is 1. The van der Waals surface area contributed by atoms with E-state index in [-0.39, 0.29) is 11.8 Å². The molecule has 1 aromatic rings. The van der Waals surface area contributed by atoms with Crippen LogP contribution in [0.25, 0.3) is 0 Å². The molecule has 0 aromatic heterocycles. The van der Waals surface area contributed by atoms with Crippen LogP contribution in [-0.2, 0) is 4.79 Å². The molecule has 1 aliphatic rings. The lowest BCUT2D eigenvalue weighted by Gasteiger charge is -2.29. The maximum absolute atomic E-state index is 12.9. The van der Waals surface area contributed by atoms with E-state index in [2.05, 4.69) is 5.32 Å². The van der Waals surface area contributed by atoms with Crippen LogP contribution in [0, 0.1) is 0 Å². The first-order valence-electron chi connectivity index (χ1n) is 8.86. The van der Waals surface area contributed by atoms with Crippen LogP contribution in [0.15, 0.2) is 30.3 Å². The summed E-state index contributed by atoms with van der Waals surface area (Å²) < 4.78 is 0. The fourth-order valence-corrected chi connectivity index (χ4v) is 3.48. The van der Waals surface area contributed by atoms with Crippen molar-refractivity contribution in [2.75, 3.05) is 25.1 Å². The highest BCUT2D eigenvalue weighted by Gasteiger charge is 2.26. The molecule has 1 atom stereocenters. The maximum atomic E-state index is 12.9. The molecule has 2 rings (SSSR count). The molecule has 0 unspecified atom stereocenters. The van der Waals surface area contributed by atoms with Crippen molar-refractivity contribution >= 4 is 23.6 Å². The van der Waals surface area contributed by atoms with Crippen LogP contribution in [0.1, 0.15) is 48.9 Å². The predicted octanol–water partition coefficient (Wildman–Crippen LogP) is 3.33. The third-order valence-electron chi connectivity index (χ3n) is 4.42. The van der Waals surface area contributed by atoms with Gasteiger partial charge in [0.2, 0.25) is 5.91 Å². The van der Waals surface area contributed by atoms with E-state index in [1.54, 1.807) is 23.9 Å². The Bertz CT molecular complexity index is 513. The van der Waals surface area contributed by atoms with Gasteiger partial charge in [-0.05, 0) is 43.4 Å². The van der Waals surface area contributed by atoms with E-state index in [0.717, 1.165) is 31.7 Å². The number of amides is 2. The smallest absolute Gasteiger partial charge is 0.251 e. The Balaban J connectivity index is 2.02. The Hall–Kier alpha value is -1.49. The first-order chi connectivity index (χ1) is 11.7. The van der Waals surface area contributed by atoms with Gasteiger partial charge in [-0.3, -0.25) is 9.59 Å². The van der Waals surface area contributed by atoms with E-state index in [4.69, 9.17) is 0 Å². The van der Waals surface area contributed by atoms with Gasteiger partial charge in [0.15, 0.2) is 0 Å². The molecule has 0 aliphatic carbocycles. The Kier molecular flexibility index (Phi) is 8.16. The molecule has 1 N–H and O–H groups in total. The van der Waals surface area contributed by atoms with Crippen molar-refractivity contribution in [1.29, 1.82) is 0 Å². The molecule has 1 aromatic carbocycles. The van der Waals surface area contributed by atoms with E-state index >= 15 is 0 Å². The van der Waals surface area contributed by atoms with Gasteiger partial charge in [0.1, 0.15) is 6.04 Å². The van der Waals surface area contributed by atoms with Crippen molar-refractivity contribution < 1.29 is 9.59 Å². The normalized spacial score (nSPS) is 16.8. The number of likely N-dealkylation sites (tertiary alicyclic amines) is 1. The van der Waals surface area contributed by atoms with Crippen LogP contribution in [0.2, 0.25) is 0 Å². The molecule has 4 nitrogen and oxygen atoms in total. The summed E-state index contributed by atoms with van der Waals surface area (Å²) in [6.07, 6.45) is 8.47. The van der Waals surface area contributed by atoms with Crippen molar-refractivity contribution in [3.05, 3.63) is 35.9 Å². The Morgan fingerprint density at radius 3 is 2.33 bits per heavy atom. The zero-order chi connectivity index (χ0) is 17.2. The predicted molar refractivity (Wildman–Crippen MR) is 100 cm³/mol. The largest absolute Gasteiger partial charge is 0.341 e. The molecule has 1 saturated heterocycles. The molecule has 0 bridgehead atoms.